The van der Waals surface area contributed by atoms with Crippen molar-refractivity contribution < 1.29 is 19.4 Å². The molecule has 2 rings (SSSR count). The average Bonchev–Trinajstić information content (AvgIpc) is 2.49. The maximum absolute atomic E-state index is 12.2. The van der Waals surface area contributed by atoms with Crippen LogP contribution in [-0.4, -0.2) is 39.8 Å². The van der Waals surface area contributed by atoms with Gasteiger partial charge in [0.15, 0.2) is 0 Å². The first-order valence-electron chi connectivity index (χ1n) is 6.87. The van der Waals surface area contributed by atoms with Gasteiger partial charge >= 0.3 is 12.1 Å². The molecule has 3 atom stereocenters. The molecule has 2 heterocycles. The van der Waals surface area contributed by atoms with Gasteiger partial charge in [0.2, 0.25) is 0 Å². The number of aliphatic carboxylic acids is 1. The first-order valence-corrected chi connectivity index (χ1v) is 6.87. The predicted molar refractivity (Wildman–Crippen MR) is 69.9 cm³/mol. The smallest absolute Gasteiger partial charge is 0.410 e. The fraction of sp³-hybridized carbons (Fsp3) is 0.857. The molecular weight excluding hydrogens is 246 g/mol. The van der Waals surface area contributed by atoms with Gasteiger partial charge in [0.25, 0.3) is 0 Å². The van der Waals surface area contributed by atoms with E-state index >= 15 is 0 Å². The number of nitrogens with zero attached hydrogens (tertiary/aromatic N) is 1. The van der Waals surface area contributed by atoms with Crippen molar-refractivity contribution in [2.24, 2.45) is 5.41 Å². The standard InChI is InChI=1S/C14H23NO4/c1-13(2,3)19-12(18)15-9-5-6-10(15)8-14(4,7-9)11(16)17/h9-10H,5-8H2,1-4H3,(H,16,17)/t9-,10+,14?. The van der Waals surface area contributed by atoms with Crippen molar-refractivity contribution in [3.8, 4) is 0 Å². The summed E-state index contributed by atoms with van der Waals surface area (Å²) >= 11 is 0. The lowest BCUT2D eigenvalue weighted by Crippen LogP contribution is -2.52. The highest BCUT2D eigenvalue weighted by Gasteiger charge is 2.52. The number of piperidine rings is 1. The fourth-order valence-corrected chi connectivity index (χ4v) is 3.27. The van der Waals surface area contributed by atoms with Gasteiger partial charge in [-0.1, -0.05) is 0 Å². The molecule has 0 spiro atoms. The molecule has 108 valence electrons. The number of hydrogen-bond acceptors (Lipinski definition) is 3. The van der Waals surface area contributed by atoms with Crippen LogP contribution in [-0.2, 0) is 9.53 Å². The van der Waals surface area contributed by atoms with Crippen LogP contribution in [0.2, 0.25) is 0 Å². The van der Waals surface area contributed by atoms with Crippen LogP contribution in [0.5, 0.6) is 0 Å². The summed E-state index contributed by atoms with van der Waals surface area (Å²) in [5, 5.41) is 9.34. The molecule has 0 saturated carbocycles. The van der Waals surface area contributed by atoms with E-state index < -0.39 is 17.0 Å². The first-order chi connectivity index (χ1) is 8.62. The minimum atomic E-state index is -0.756. The summed E-state index contributed by atoms with van der Waals surface area (Å²) in [6, 6.07) is 0.0180. The Balaban J connectivity index is 2.12. The third-order valence-corrected chi connectivity index (χ3v) is 4.11. The quantitative estimate of drug-likeness (QED) is 0.794. The van der Waals surface area contributed by atoms with Crippen molar-refractivity contribution in [3.05, 3.63) is 0 Å². The molecule has 19 heavy (non-hydrogen) atoms. The van der Waals surface area contributed by atoms with E-state index in [0.29, 0.717) is 12.8 Å². The number of carbonyl (C=O) groups is 2. The number of ether oxygens (including phenoxy) is 1. The molecule has 2 aliphatic heterocycles. The number of hydrogen-bond donors (Lipinski definition) is 1. The minimum Gasteiger partial charge on any atom is -0.481 e. The minimum absolute atomic E-state index is 0.00898. The molecule has 0 aromatic carbocycles. The predicted octanol–water partition coefficient (Wildman–Crippen LogP) is 2.64. The molecule has 1 unspecified atom stereocenters. The number of amides is 1. The molecule has 2 saturated heterocycles. The lowest BCUT2D eigenvalue weighted by molar-refractivity contribution is -0.152. The molecule has 1 amide bonds. The molecule has 5 nitrogen and oxygen atoms in total. The van der Waals surface area contributed by atoms with E-state index in [9.17, 15) is 14.7 Å². The number of carbonyl (C=O) groups excluding carboxylic acids is 1. The van der Waals surface area contributed by atoms with Crippen LogP contribution >= 0.6 is 0 Å². The fourth-order valence-electron chi connectivity index (χ4n) is 3.27. The highest BCUT2D eigenvalue weighted by Crippen LogP contribution is 2.46. The lowest BCUT2D eigenvalue weighted by Gasteiger charge is -2.42. The van der Waals surface area contributed by atoms with Crippen LogP contribution in [0.4, 0.5) is 4.79 Å². The summed E-state index contributed by atoms with van der Waals surface area (Å²) in [6.07, 6.45) is 2.52. The van der Waals surface area contributed by atoms with Crippen LogP contribution in [0.1, 0.15) is 53.4 Å². The molecule has 1 N–H and O–H groups in total. The van der Waals surface area contributed by atoms with E-state index in [-0.39, 0.29) is 18.2 Å². The monoisotopic (exact) mass is 269 g/mol. The summed E-state index contributed by atoms with van der Waals surface area (Å²) in [5.74, 6) is -0.756. The van der Waals surface area contributed by atoms with Gasteiger partial charge in [0.05, 0.1) is 5.41 Å². The molecule has 2 bridgehead atoms. The largest absolute Gasteiger partial charge is 0.481 e. The maximum Gasteiger partial charge on any atom is 0.410 e. The molecule has 5 heteroatoms. The molecule has 2 aliphatic rings. The van der Waals surface area contributed by atoms with E-state index in [2.05, 4.69) is 0 Å². The Labute approximate surface area is 113 Å². The van der Waals surface area contributed by atoms with Crippen molar-refractivity contribution in [1.82, 2.24) is 4.90 Å². The lowest BCUT2D eigenvalue weighted by atomic mass is 9.77. The summed E-state index contributed by atoms with van der Waals surface area (Å²) in [7, 11) is 0. The average molecular weight is 269 g/mol. The van der Waals surface area contributed by atoms with Crippen molar-refractivity contribution >= 4 is 12.1 Å². The molecular formula is C14H23NO4. The van der Waals surface area contributed by atoms with E-state index in [1.54, 1.807) is 11.8 Å². The van der Waals surface area contributed by atoms with E-state index in [1.165, 1.54) is 0 Å². The van der Waals surface area contributed by atoms with Crippen LogP contribution in [0.25, 0.3) is 0 Å². The van der Waals surface area contributed by atoms with Gasteiger partial charge in [-0.25, -0.2) is 4.79 Å². The Morgan fingerprint density at radius 1 is 1.21 bits per heavy atom. The van der Waals surface area contributed by atoms with Crippen molar-refractivity contribution in [2.45, 2.75) is 71.1 Å². The topological polar surface area (TPSA) is 66.8 Å². The first kappa shape index (κ1) is 14.2. The molecule has 0 aromatic heterocycles. The van der Waals surface area contributed by atoms with E-state index in [1.807, 2.05) is 20.8 Å². The summed E-state index contributed by atoms with van der Waals surface area (Å²) in [4.78, 5) is 25.4. The SMILES string of the molecule is CC(C)(C)OC(=O)N1[C@@H]2CC[C@H]1CC(C)(C(=O)O)C2. The van der Waals surface area contributed by atoms with Crippen LogP contribution < -0.4 is 0 Å². The molecule has 0 radical (unpaired) electrons. The van der Waals surface area contributed by atoms with Gasteiger partial charge < -0.3 is 14.7 Å². The number of carboxylic acids is 1. The summed E-state index contributed by atoms with van der Waals surface area (Å²) in [5.41, 5.74) is -1.21. The Kier molecular flexibility index (Phi) is 3.27. The van der Waals surface area contributed by atoms with E-state index in [0.717, 1.165) is 12.8 Å². The van der Waals surface area contributed by atoms with Crippen LogP contribution in [0, 0.1) is 5.41 Å². The highest BCUT2D eigenvalue weighted by atomic mass is 16.6. The summed E-state index contributed by atoms with van der Waals surface area (Å²) < 4.78 is 5.43. The third-order valence-electron chi connectivity index (χ3n) is 4.11. The number of rotatable bonds is 1. The Bertz CT molecular complexity index is 385. The Hall–Kier alpha value is -1.26. The van der Waals surface area contributed by atoms with E-state index in [4.69, 9.17) is 4.74 Å². The van der Waals surface area contributed by atoms with Gasteiger partial charge in [-0.15, -0.1) is 0 Å². The molecule has 2 fully saturated rings. The zero-order chi connectivity index (χ0) is 14.4. The van der Waals surface area contributed by atoms with Crippen molar-refractivity contribution in [1.29, 1.82) is 0 Å². The zero-order valence-corrected chi connectivity index (χ0v) is 12.1. The second-order valence-corrected chi connectivity index (χ2v) is 7.05. The Morgan fingerprint density at radius 2 is 1.68 bits per heavy atom. The van der Waals surface area contributed by atoms with Crippen molar-refractivity contribution in [2.75, 3.05) is 0 Å². The normalized spacial score (nSPS) is 34.2. The number of carboxylic acid groups (broad SMARTS) is 1. The second-order valence-electron chi connectivity index (χ2n) is 7.05. The molecule has 0 aromatic rings. The zero-order valence-electron chi connectivity index (χ0n) is 12.1. The number of fused-ring (bicyclic) bond motifs is 2. The van der Waals surface area contributed by atoms with Gasteiger partial charge in [0.1, 0.15) is 5.60 Å². The van der Waals surface area contributed by atoms with Gasteiger partial charge in [-0.2, -0.15) is 0 Å². The third kappa shape index (κ3) is 2.69. The van der Waals surface area contributed by atoms with Gasteiger partial charge in [-0.05, 0) is 53.4 Å². The maximum atomic E-state index is 12.2. The summed E-state index contributed by atoms with van der Waals surface area (Å²) in [6.45, 7) is 7.32. The van der Waals surface area contributed by atoms with Crippen LogP contribution in [0.15, 0.2) is 0 Å². The van der Waals surface area contributed by atoms with Crippen molar-refractivity contribution in [3.63, 3.8) is 0 Å². The Morgan fingerprint density at radius 3 is 2.05 bits per heavy atom. The van der Waals surface area contributed by atoms with Gasteiger partial charge in [-0.3, -0.25) is 4.79 Å². The highest BCUT2D eigenvalue weighted by molar-refractivity contribution is 5.76. The van der Waals surface area contributed by atoms with Crippen LogP contribution in [0.3, 0.4) is 0 Å². The molecule has 0 aliphatic carbocycles. The van der Waals surface area contributed by atoms with Gasteiger partial charge in [0, 0.05) is 12.1 Å². The second kappa shape index (κ2) is 4.39.